The normalized spacial score (nSPS) is 22.4. The van der Waals surface area contributed by atoms with Crippen LogP contribution in [0.15, 0.2) is 18.2 Å². The third-order valence-electron chi connectivity index (χ3n) is 5.51. The second kappa shape index (κ2) is 8.21. The quantitative estimate of drug-likeness (QED) is 0.839. The number of thiazole rings is 1. The van der Waals surface area contributed by atoms with E-state index in [0.717, 1.165) is 37.4 Å². The summed E-state index contributed by atoms with van der Waals surface area (Å²) in [5.41, 5.74) is 1.03. The first-order chi connectivity index (χ1) is 12.7. The van der Waals surface area contributed by atoms with Gasteiger partial charge in [0.05, 0.1) is 15.2 Å². The first kappa shape index (κ1) is 18.2. The molecule has 0 radical (unpaired) electrons. The molecule has 26 heavy (non-hydrogen) atoms. The van der Waals surface area contributed by atoms with Gasteiger partial charge in [0.15, 0.2) is 6.23 Å². The molecule has 2 N–H and O–H groups in total. The van der Waals surface area contributed by atoms with Crippen molar-refractivity contribution < 1.29 is 9.84 Å². The van der Waals surface area contributed by atoms with E-state index in [2.05, 4.69) is 16.3 Å². The summed E-state index contributed by atoms with van der Waals surface area (Å²) < 4.78 is 7.42. The van der Waals surface area contributed by atoms with Gasteiger partial charge in [0.25, 0.3) is 0 Å². The Morgan fingerprint density at radius 2 is 2.00 bits per heavy atom. The van der Waals surface area contributed by atoms with Crippen molar-refractivity contribution in [2.24, 2.45) is 0 Å². The molecule has 2 atom stereocenters. The zero-order valence-corrected chi connectivity index (χ0v) is 16.3. The average molecular weight is 376 g/mol. The van der Waals surface area contributed by atoms with Crippen molar-refractivity contribution in [1.82, 2.24) is 15.2 Å². The molecule has 1 saturated heterocycles. The number of aliphatic hydroxyl groups is 1. The Morgan fingerprint density at radius 1 is 1.23 bits per heavy atom. The highest BCUT2D eigenvalue weighted by Crippen LogP contribution is 2.37. The summed E-state index contributed by atoms with van der Waals surface area (Å²) in [5.74, 6) is 1.43. The van der Waals surface area contributed by atoms with Gasteiger partial charge in [0, 0.05) is 38.2 Å². The third-order valence-corrected chi connectivity index (χ3v) is 6.71. The number of rotatable bonds is 5. The summed E-state index contributed by atoms with van der Waals surface area (Å²) in [6.07, 6.45) is 5.72. The Bertz CT molecular complexity index is 721. The summed E-state index contributed by atoms with van der Waals surface area (Å²) in [6.45, 7) is 5.45. The van der Waals surface area contributed by atoms with Gasteiger partial charge >= 0.3 is 0 Å². The molecule has 1 aliphatic heterocycles. The number of ether oxygens (including phenoxy) is 1. The molecule has 5 nitrogen and oxygen atoms in total. The van der Waals surface area contributed by atoms with Crippen molar-refractivity contribution in [3.63, 3.8) is 0 Å². The zero-order chi connectivity index (χ0) is 17.9. The minimum Gasteiger partial charge on any atom is -0.472 e. The lowest BCUT2D eigenvalue weighted by molar-refractivity contribution is -0.0623. The lowest BCUT2D eigenvalue weighted by atomic mass is 9.90. The van der Waals surface area contributed by atoms with Crippen LogP contribution in [0.2, 0.25) is 0 Å². The van der Waals surface area contributed by atoms with E-state index in [9.17, 15) is 5.11 Å². The Morgan fingerprint density at radius 3 is 2.73 bits per heavy atom. The van der Waals surface area contributed by atoms with Crippen LogP contribution >= 0.6 is 11.3 Å². The standard InChI is InChI=1S/C20H29N3O2S/c1-14(24)20(23-11-9-21-10-12-23)25-16-7-8-18-17(13-16)22-19(26-18)15-5-3-2-4-6-15/h7-8,13-15,20-21,24H,2-6,9-12H2,1H3. The number of piperazine rings is 1. The molecule has 2 fully saturated rings. The van der Waals surface area contributed by atoms with Crippen LogP contribution in [-0.4, -0.2) is 53.5 Å². The van der Waals surface area contributed by atoms with Gasteiger partial charge in [-0.2, -0.15) is 0 Å². The van der Waals surface area contributed by atoms with Crippen LogP contribution in [0.3, 0.4) is 0 Å². The molecule has 1 aliphatic carbocycles. The maximum absolute atomic E-state index is 10.2. The van der Waals surface area contributed by atoms with Gasteiger partial charge in [-0.3, -0.25) is 4.90 Å². The molecule has 2 aromatic rings. The van der Waals surface area contributed by atoms with Crippen molar-refractivity contribution in [3.8, 4) is 5.75 Å². The number of aliphatic hydroxyl groups excluding tert-OH is 1. The van der Waals surface area contributed by atoms with Crippen LogP contribution in [0.4, 0.5) is 0 Å². The molecule has 1 aromatic heterocycles. The highest BCUT2D eigenvalue weighted by molar-refractivity contribution is 7.18. The molecule has 0 bridgehead atoms. The predicted octanol–water partition coefficient (Wildman–Crippen LogP) is 3.33. The Hall–Kier alpha value is -1.21. The average Bonchev–Trinajstić information content (AvgIpc) is 3.10. The number of fused-ring (bicyclic) bond motifs is 1. The molecule has 1 saturated carbocycles. The van der Waals surface area contributed by atoms with Gasteiger partial charge in [-0.15, -0.1) is 11.3 Å². The van der Waals surface area contributed by atoms with Crippen molar-refractivity contribution in [3.05, 3.63) is 23.2 Å². The minimum absolute atomic E-state index is 0.314. The van der Waals surface area contributed by atoms with Gasteiger partial charge in [-0.25, -0.2) is 4.98 Å². The second-order valence-electron chi connectivity index (χ2n) is 7.55. The zero-order valence-electron chi connectivity index (χ0n) is 15.5. The fourth-order valence-corrected chi connectivity index (χ4v) is 5.19. The van der Waals surface area contributed by atoms with E-state index in [4.69, 9.17) is 9.72 Å². The maximum Gasteiger partial charge on any atom is 0.178 e. The molecular formula is C20H29N3O2S. The summed E-state index contributed by atoms with van der Waals surface area (Å²) in [5, 5.41) is 14.8. The predicted molar refractivity (Wildman–Crippen MR) is 106 cm³/mol. The number of hydrogen-bond donors (Lipinski definition) is 2. The molecule has 142 valence electrons. The molecule has 2 unspecified atom stereocenters. The fourth-order valence-electron chi connectivity index (χ4n) is 4.08. The molecule has 4 rings (SSSR count). The van der Waals surface area contributed by atoms with Gasteiger partial charge in [-0.1, -0.05) is 19.3 Å². The van der Waals surface area contributed by atoms with Crippen molar-refractivity contribution in [2.45, 2.75) is 57.3 Å². The molecule has 2 heterocycles. The molecule has 1 aromatic carbocycles. The van der Waals surface area contributed by atoms with E-state index in [0.29, 0.717) is 5.92 Å². The minimum atomic E-state index is -0.544. The second-order valence-corrected chi connectivity index (χ2v) is 8.61. The van der Waals surface area contributed by atoms with Crippen LogP contribution in [0.25, 0.3) is 10.2 Å². The van der Waals surface area contributed by atoms with E-state index < -0.39 is 6.10 Å². The van der Waals surface area contributed by atoms with Crippen LogP contribution in [0.1, 0.15) is 50.0 Å². The highest BCUT2D eigenvalue weighted by atomic mass is 32.1. The van der Waals surface area contributed by atoms with E-state index in [-0.39, 0.29) is 6.23 Å². The van der Waals surface area contributed by atoms with Gasteiger partial charge in [0.1, 0.15) is 11.9 Å². The fraction of sp³-hybridized carbons (Fsp3) is 0.650. The first-order valence-electron chi connectivity index (χ1n) is 9.91. The Labute approximate surface area is 159 Å². The maximum atomic E-state index is 10.2. The van der Waals surface area contributed by atoms with E-state index in [1.54, 1.807) is 6.92 Å². The van der Waals surface area contributed by atoms with Crippen LogP contribution in [0.5, 0.6) is 5.75 Å². The SMILES string of the molecule is CC(O)C(Oc1ccc2sc(C3CCCCC3)nc2c1)N1CCNCC1. The third kappa shape index (κ3) is 4.03. The van der Waals surface area contributed by atoms with Gasteiger partial charge in [0.2, 0.25) is 0 Å². The van der Waals surface area contributed by atoms with Crippen LogP contribution in [0, 0.1) is 0 Å². The summed E-state index contributed by atoms with van der Waals surface area (Å²) >= 11 is 1.83. The van der Waals surface area contributed by atoms with E-state index in [1.807, 2.05) is 23.5 Å². The molecule has 0 spiro atoms. The van der Waals surface area contributed by atoms with Crippen LogP contribution < -0.4 is 10.1 Å². The highest BCUT2D eigenvalue weighted by Gasteiger charge is 2.26. The summed E-state index contributed by atoms with van der Waals surface area (Å²) in [7, 11) is 0. The lowest BCUT2D eigenvalue weighted by Gasteiger charge is -2.36. The topological polar surface area (TPSA) is 57.6 Å². The number of aromatic nitrogens is 1. The van der Waals surface area contributed by atoms with Crippen LogP contribution in [-0.2, 0) is 0 Å². The van der Waals surface area contributed by atoms with Crippen molar-refractivity contribution in [1.29, 1.82) is 0 Å². The van der Waals surface area contributed by atoms with E-state index in [1.165, 1.54) is 41.8 Å². The monoisotopic (exact) mass is 375 g/mol. The Balaban J connectivity index is 1.52. The van der Waals surface area contributed by atoms with Gasteiger partial charge in [-0.05, 0) is 31.9 Å². The largest absolute Gasteiger partial charge is 0.472 e. The summed E-state index contributed by atoms with van der Waals surface area (Å²) in [6, 6.07) is 6.17. The molecule has 6 heteroatoms. The number of hydrogen-bond acceptors (Lipinski definition) is 6. The first-order valence-corrected chi connectivity index (χ1v) is 10.7. The number of nitrogens with zero attached hydrogens (tertiary/aromatic N) is 2. The lowest BCUT2D eigenvalue weighted by Crippen LogP contribution is -2.54. The van der Waals surface area contributed by atoms with Crippen molar-refractivity contribution in [2.75, 3.05) is 26.2 Å². The number of benzene rings is 1. The molecule has 0 amide bonds. The van der Waals surface area contributed by atoms with E-state index >= 15 is 0 Å². The molecular weight excluding hydrogens is 346 g/mol. The summed E-state index contributed by atoms with van der Waals surface area (Å²) in [4.78, 5) is 7.12. The Kier molecular flexibility index (Phi) is 5.74. The van der Waals surface area contributed by atoms with Crippen molar-refractivity contribution >= 4 is 21.6 Å². The smallest absolute Gasteiger partial charge is 0.178 e. The number of nitrogens with one attached hydrogen (secondary N) is 1. The molecule has 2 aliphatic rings. The van der Waals surface area contributed by atoms with Gasteiger partial charge < -0.3 is 15.2 Å².